The van der Waals surface area contributed by atoms with Crippen molar-refractivity contribution in [3.8, 4) is 0 Å². The SMILES string of the molecule is CC(C)CCNC(N)=NCc1cccc(COC(C)(C)C)c1. The predicted molar refractivity (Wildman–Crippen MR) is 93.8 cm³/mol. The summed E-state index contributed by atoms with van der Waals surface area (Å²) in [6.07, 6.45) is 1.09. The first-order valence-electron chi connectivity index (χ1n) is 8.02. The molecule has 0 aliphatic heterocycles. The van der Waals surface area contributed by atoms with E-state index in [-0.39, 0.29) is 5.60 Å². The van der Waals surface area contributed by atoms with Crippen molar-refractivity contribution in [3.63, 3.8) is 0 Å². The highest BCUT2D eigenvalue weighted by Gasteiger charge is 2.10. The molecule has 1 aromatic carbocycles. The molecule has 0 atom stereocenters. The second-order valence-corrected chi connectivity index (χ2v) is 7.03. The zero-order chi connectivity index (χ0) is 16.6. The van der Waals surface area contributed by atoms with Crippen molar-refractivity contribution in [3.05, 3.63) is 35.4 Å². The highest BCUT2D eigenvalue weighted by Crippen LogP contribution is 2.13. The number of benzene rings is 1. The molecule has 0 aliphatic carbocycles. The molecule has 0 unspecified atom stereocenters. The van der Waals surface area contributed by atoms with Crippen LogP contribution in [0.2, 0.25) is 0 Å². The Labute approximate surface area is 135 Å². The Hall–Kier alpha value is -1.55. The van der Waals surface area contributed by atoms with Crippen LogP contribution < -0.4 is 11.1 Å². The van der Waals surface area contributed by atoms with Crippen LogP contribution in [0.4, 0.5) is 0 Å². The van der Waals surface area contributed by atoms with Gasteiger partial charge >= 0.3 is 0 Å². The Bertz CT molecular complexity index is 475. The molecule has 0 fully saturated rings. The summed E-state index contributed by atoms with van der Waals surface area (Å²) in [7, 11) is 0. The molecule has 0 saturated heterocycles. The first kappa shape index (κ1) is 18.5. The van der Waals surface area contributed by atoms with Gasteiger partial charge < -0.3 is 15.8 Å². The molecule has 4 nitrogen and oxygen atoms in total. The van der Waals surface area contributed by atoms with E-state index in [4.69, 9.17) is 10.5 Å². The van der Waals surface area contributed by atoms with Crippen molar-refractivity contribution in [1.82, 2.24) is 5.32 Å². The molecule has 3 N–H and O–H groups in total. The smallest absolute Gasteiger partial charge is 0.188 e. The van der Waals surface area contributed by atoms with E-state index >= 15 is 0 Å². The quantitative estimate of drug-likeness (QED) is 0.599. The standard InChI is InChI=1S/C18H31N3O/c1-14(2)9-10-20-17(19)21-12-15-7-6-8-16(11-15)13-22-18(3,4)5/h6-8,11,14H,9-10,12-13H2,1-5H3,(H3,19,20,21). The first-order valence-corrected chi connectivity index (χ1v) is 8.02. The lowest BCUT2D eigenvalue weighted by Gasteiger charge is -2.19. The molecular formula is C18H31N3O. The van der Waals surface area contributed by atoms with Gasteiger partial charge in [0.25, 0.3) is 0 Å². The van der Waals surface area contributed by atoms with Gasteiger partial charge in [-0.1, -0.05) is 38.1 Å². The van der Waals surface area contributed by atoms with Gasteiger partial charge in [-0.15, -0.1) is 0 Å². The molecule has 0 amide bonds. The minimum Gasteiger partial charge on any atom is -0.371 e. The average Bonchev–Trinajstić information content (AvgIpc) is 2.42. The highest BCUT2D eigenvalue weighted by atomic mass is 16.5. The largest absolute Gasteiger partial charge is 0.371 e. The van der Waals surface area contributed by atoms with Crippen LogP contribution in [-0.2, 0) is 17.9 Å². The lowest BCUT2D eigenvalue weighted by molar-refractivity contribution is -0.0149. The van der Waals surface area contributed by atoms with Crippen LogP contribution in [0.25, 0.3) is 0 Å². The van der Waals surface area contributed by atoms with Crippen LogP contribution in [0.15, 0.2) is 29.3 Å². The van der Waals surface area contributed by atoms with Gasteiger partial charge in [-0.25, -0.2) is 4.99 Å². The Kier molecular flexibility index (Phi) is 7.39. The molecule has 0 spiro atoms. The number of guanidine groups is 1. The zero-order valence-electron chi connectivity index (χ0n) is 14.6. The maximum atomic E-state index is 5.88. The first-order chi connectivity index (χ1) is 10.3. The molecule has 0 radical (unpaired) electrons. The third-order valence-corrected chi connectivity index (χ3v) is 3.12. The molecular weight excluding hydrogens is 274 g/mol. The molecule has 1 rings (SSSR count). The fourth-order valence-electron chi connectivity index (χ4n) is 1.84. The molecule has 22 heavy (non-hydrogen) atoms. The van der Waals surface area contributed by atoms with Crippen molar-refractivity contribution in [2.24, 2.45) is 16.6 Å². The van der Waals surface area contributed by atoms with Gasteiger partial charge in [0.2, 0.25) is 0 Å². The minimum atomic E-state index is -0.126. The van der Waals surface area contributed by atoms with Gasteiger partial charge in [-0.2, -0.15) is 0 Å². The summed E-state index contributed by atoms with van der Waals surface area (Å²) in [5.74, 6) is 1.18. The number of nitrogens with one attached hydrogen (secondary N) is 1. The fourth-order valence-corrected chi connectivity index (χ4v) is 1.84. The van der Waals surface area contributed by atoms with Crippen LogP contribution in [0.5, 0.6) is 0 Å². The number of ether oxygens (including phenoxy) is 1. The van der Waals surface area contributed by atoms with E-state index < -0.39 is 0 Å². The van der Waals surface area contributed by atoms with E-state index in [2.05, 4.69) is 63.1 Å². The summed E-state index contributed by atoms with van der Waals surface area (Å²) < 4.78 is 5.80. The van der Waals surface area contributed by atoms with Crippen molar-refractivity contribution >= 4 is 5.96 Å². The topological polar surface area (TPSA) is 59.6 Å². The molecule has 4 heteroatoms. The van der Waals surface area contributed by atoms with Gasteiger partial charge in [0.15, 0.2) is 5.96 Å². The lowest BCUT2D eigenvalue weighted by Crippen LogP contribution is -2.32. The van der Waals surface area contributed by atoms with Crippen molar-refractivity contribution < 1.29 is 4.74 Å². The van der Waals surface area contributed by atoms with Gasteiger partial charge in [-0.3, -0.25) is 0 Å². The normalized spacial score (nSPS) is 12.7. The van der Waals surface area contributed by atoms with Crippen LogP contribution in [0, 0.1) is 5.92 Å². The Morgan fingerprint density at radius 1 is 1.27 bits per heavy atom. The van der Waals surface area contributed by atoms with Gasteiger partial charge in [0, 0.05) is 6.54 Å². The highest BCUT2D eigenvalue weighted by molar-refractivity contribution is 5.77. The Morgan fingerprint density at radius 3 is 2.59 bits per heavy atom. The maximum absolute atomic E-state index is 5.88. The summed E-state index contributed by atoms with van der Waals surface area (Å²) >= 11 is 0. The minimum absolute atomic E-state index is 0.126. The number of nitrogens with two attached hydrogens (primary N) is 1. The fraction of sp³-hybridized carbons (Fsp3) is 0.611. The monoisotopic (exact) mass is 305 g/mol. The molecule has 1 aromatic rings. The average molecular weight is 305 g/mol. The molecule has 124 valence electrons. The van der Waals surface area contributed by atoms with Crippen LogP contribution in [0.1, 0.15) is 52.2 Å². The summed E-state index contributed by atoms with van der Waals surface area (Å²) in [6.45, 7) is 12.6. The number of aliphatic imine (C=N–C) groups is 1. The third-order valence-electron chi connectivity index (χ3n) is 3.12. The Morgan fingerprint density at radius 2 is 1.95 bits per heavy atom. The van der Waals surface area contributed by atoms with E-state index in [0.717, 1.165) is 24.1 Å². The van der Waals surface area contributed by atoms with Crippen LogP contribution >= 0.6 is 0 Å². The second kappa shape index (κ2) is 8.79. The third kappa shape index (κ3) is 8.67. The zero-order valence-corrected chi connectivity index (χ0v) is 14.6. The molecule has 0 aromatic heterocycles. The summed E-state index contributed by atoms with van der Waals surface area (Å²) in [5.41, 5.74) is 8.05. The van der Waals surface area contributed by atoms with E-state index in [0.29, 0.717) is 25.0 Å². The summed E-state index contributed by atoms with van der Waals surface area (Å²) in [5, 5.41) is 3.15. The Balaban J connectivity index is 2.48. The number of hydrogen-bond donors (Lipinski definition) is 2. The van der Waals surface area contributed by atoms with Gasteiger partial charge in [0.05, 0.1) is 18.8 Å². The summed E-state index contributed by atoms with van der Waals surface area (Å²) in [4.78, 5) is 4.38. The van der Waals surface area contributed by atoms with Gasteiger partial charge in [0.1, 0.15) is 0 Å². The number of nitrogens with zero attached hydrogens (tertiary/aromatic N) is 1. The summed E-state index contributed by atoms with van der Waals surface area (Å²) in [6, 6.07) is 8.29. The van der Waals surface area contributed by atoms with Crippen molar-refractivity contribution in [1.29, 1.82) is 0 Å². The second-order valence-electron chi connectivity index (χ2n) is 7.03. The van der Waals surface area contributed by atoms with Crippen molar-refractivity contribution in [2.45, 2.75) is 59.8 Å². The predicted octanol–water partition coefficient (Wildman–Crippen LogP) is 3.45. The lowest BCUT2D eigenvalue weighted by atomic mass is 10.1. The number of rotatable bonds is 7. The van der Waals surface area contributed by atoms with Crippen LogP contribution in [0.3, 0.4) is 0 Å². The van der Waals surface area contributed by atoms with E-state index in [1.807, 2.05) is 6.07 Å². The van der Waals surface area contributed by atoms with Crippen molar-refractivity contribution in [2.75, 3.05) is 6.54 Å². The molecule has 0 bridgehead atoms. The number of hydrogen-bond acceptors (Lipinski definition) is 2. The molecule has 0 aliphatic rings. The van der Waals surface area contributed by atoms with E-state index in [1.165, 1.54) is 0 Å². The maximum Gasteiger partial charge on any atom is 0.188 e. The van der Waals surface area contributed by atoms with Crippen LogP contribution in [-0.4, -0.2) is 18.1 Å². The molecule has 0 saturated carbocycles. The van der Waals surface area contributed by atoms with E-state index in [1.54, 1.807) is 0 Å². The van der Waals surface area contributed by atoms with Gasteiger partial charge in [-0.05, 0) is 44.2 Å². The van der Waals surface area contributed by atoms with E-state index in [9.17, 15) is 0 Å². The molecule has 0 heterocycles.